The van der Waals surface area contributed by atoms with E-state index in [1.807, 2.05) is 18.5 Å². The zero-order chi connectivity index (χ0) is 7.68. The molecule has 0 bridgehead atoms. The van der Waals surface area contributed by atoms with Crippen molar-refractivity contribution in [2.24, 2.45) is 0 Å². The van der Waals surface area contributed by atoms with E-state index in [0.717, 1.165) is 17.5 Å². The fourth-order valence-corrected chi connectivity index (χ4v) is 1.17. The Morgan fingerprint density at radius 3 is 3.27 bits per heavy atom. The second kappa shape index (κ2) is 2.38. The summed E-state index contributed by atoms with van der Waals surface area (Å²) in [5.41, 5.74) is 3.45. The number of hydrogen-bond donors (Lipinski definition) is 1. The van der Waals surface area contributed by atoms with Crippen molar-refractivity contribution in [3.63, 3.8) is 0 Å². The largest absolute Gasteiger partial charge is 0.360 e. The van der Waals surface area contributed by atoms with Crippen molar-refractivity contribution >= 4 is 11.0 Å². The monoisotopic (exact) mass is 146 g/mol. The predicted octanol–water partition coefficient (Wildman–Crippen LogP) is 2.13. The summed E-state index contributed by atoms with van der Waals surface area (Å²) in [5, 5.41) is 0. The van der Waals surface area contributed by atoms with Crippen molar-refractivity contribution in [1.82, 2.24) is 9.97 Å². The molecule has 2 aromatic rings. The number of H-pyrrole nitrogens is 1. The number of aryl methyl sites for hydroxylation is 1. The summed E-state index contributed by atoms with van der Waals surface area (Å²) < 4.78 is 0. The molecule has 11 heavy (non-hydrogen) atoms. The van der Waals surface area contributed by atoms with Crippen LogP contribution in [0.15, 0.2) is 24.5 Å². The van der Waals surface area contributed by atoms with E-state index in [1.54, 1.807) is 0 Å². The standard InChI is InChI=1S/C9H10N2/c1-2-7-5-9-8(11-6-7)3-4-10-9/h3-6,10H,2H2,1H3. The average molecular weight is 146 g/mol. The Balaban J connectivity index is 2.67. The summed E-state index contributed by atoms with van der Waals surface area (Å²) in [6.45, 7) is 2.13. The normalized spacial score (nSPS) is 10.6. The second-order valence-corrected chi connectivity index (χ2v) is 2.61. The molecule has 56 valence electrons. The molecule has 2 heteroatoms. The molecule has 0 radical (unpaired) electrons. The number of aromatic amines is 1. The third kappa shape index (κ3) is 1.00. The molecule has 2 rings (SSSR count). The van der Waals surface area contributed by atoms with Gasteiger partial charge in [0.25, 0.3) is 0 Å². The summed E-state index contributed by atoms with van der Waals surface area (Å²) in [4.78, 5) is 7.41. The fraction of sp³-hybridized carbons (Fsp3) is 0.222. The molecule has 1 N–H and O–H groups in total. The quantitative estimate of drug-likeness (QED) is 0.656. The summed E-state index contributed by atoms with van der Waals surface area (Å²) in [6, 6.07) is 4.12. The maximum absolute atomic E-state index is 4.28. The maximum atomic E-state index is 4.28. The second-order valence-electron chi connectivity index (χ2n) is 2.61. The molecule has 0 spiro atoms. The molecule has 0 saturated carbocycles. The number of nitrogens with one attached hydrogen (secondary N) is 1. The molecule has 0 aliphatic heterocycles. The molecular formula is C9H10N2. The van der Waals surface area contributed by atoms with Crippen molar-refractivity contribution in [1.29, 1.82) is 0 Å². The van der Waals surface area contributed by atoms with Crippen molar-refractivity contribution in [3.05, 3.63) is 30.1 Å². The highest BCUT2D eigenvalue weighted by molar-refractivity contribution is 5.74. The molecular weight excluding hydrogens is 136 g/mol. The molecule has 0 fully saturated rings. The minimum atomic E-state index is 1.04. The summed E-state index contributed by atoms with van der Waals surface area (Å²) in [6.07, 6.45) is 4.88. The van der Waals surface area contributed by atoms with Crippen LogP contribution in [-0.2, 0) is 6.42 Å². The van der Waals surface area contributed by atoms with Gasteiger partial charge in [-0.1, -0.05) is 6.92 Å². The van der Waals surface area contributed by atoms with Gasteiger partial charge in [0.05, 0.1) is 11.0 Å². The highest BCUT2D eigenvalue weighted by Gasteiger charge is 1.95. The number of pyridine rings is 1. The van der Waals surface area contributed by atoms with E-state index in [1.165, 1.54) is 5.56 Å². The topological polar surface area (TPSA) is 28.7 Å². The minimum absolute atomic E-state index is 1.04. The van der Waals surface area contributed by atoms with Crippen molar-refractivity contribution in [3.8, 4) is 0 Å². The predicted molar refractivity (Wildman–Crippen MR) is 45.5 cm³/mol. The van der Waals surface area contributed by atoms with Crippen LogP contribution in [0.5, 0.6) is 0 Å². The first-order chi connectivity index (χ1) is 5.40. The number of aromatic nitrogens is 2. The van der Waals surface area contributed by atoms with Gasteiger partial charge in [-0.25, -0.2) is 0 Å². The van der Waals surface area contributed by atoms with Gasteiger partial charge in [-0.05, 0) is 24.1 Å². The van der Waals surface area contributed by atoms with Gasteiger partial charge in [-0.2, -0.15) is 0 Å². The molecule has 0 saturated heterocycles. The Hall–Kier alpha value is -1.31. The summed E-state index contributed by atoms with van der Waals surface area (Å²) in [7, 11) is 0. The number of nitrogens with zero attached hydrogens (tertiary/aromatic N) is 1. The van der Waals surface area contributed by atoms with Gasteiger partial charge in [-0.15, -0.1) is 0 Å². The van der Waals surface area contributed by atoms with Crippen molar-refractivity contribution < 1.29 is 0 Å². The van der Waals surface area contributed by atoms with E-state index in [0.29, 0.717) is 0 Å². The van der Waals surface area contributed by atoms with Crippen LogP contribution in [0, 0.1) is 0 Å². The SMILES string of the molecule is CCc1cnc2cc[nH]c2c1. The molecule has 0 atom stereocenters. The highest BCUT2D eigenvalue weighted by Crippen LogP contribution is 2.10. The van der Waals surface area contributed by atoms with Crippen LogP contribution in [0.1, 0.15) is 12.5 Å². The molecule has 0 amide bonds. The van der Waals surface area contributed by atoms with Crippen LogP contribution in [0.3, 0.4) is 0 Å². The third-order valence-electron chi connectivity index (χ3n) is 1.86. The van der Waals surface area contributed by atoms with Crippen molar-refractivity contribution in [2.45, 2.75) is 13.3 Å². The maximum Gasteiger partial charge on any atom is 0.0878 e. The van der Waals surface area contributed by atoms with Gasteiger partial charge in [0.2, 0.25) is 0 Å². The first kappa shape index (κ1) is 6.40. The van der Waals surface area contributed by atoms with Gasteiger partial charge in [0.1, 0.15) is 0 Å². The minimum Gasteiger partial charge on any atom is -0.360 e. The molecule has 0 aliphatic carbocycles. The molecule has 0 aromatic carbocycles. The third-order valence-corrected chi connectivity index (χ3v) is 1.86. The first-order valence-electron chi connectivity index (χ1n) is 3.82. The zero-order valence-electron chi connectivity index (χ0n) is 6.46. The highest BCUT2D eigenvalue weighted by atomic mass is 14.7. The number of hydrogen-bond acceptors (Lipinski definition) is 1. The Labute approximate surface area is 65.3 Å². The van der Waals surface area contributed by atoms with E-state index >= 15 is 0 Å². The fourth-order valence-electron chi connectivity index (χ4n) is 1.17. The number of fused-ring (bicyclic) bond motifs is 1. The Morgan fingerprint density at radius 2 is 2.45 bits per heavy atom. The molecule has 0 aliphatic rings. The Bertz CT molecular complexity index is 362. The summed E-state index contributed by atoms with van der Waals surface area (Å²) in [5.74, 6) is 0. The van der Waals surface area contributed by atoms with Gasteiger partial charge >= 0.3 is 0 Å². The molecule has 2 aromatic heterocycles. The van der Waals surface area contributed by atoms with E-state index in [4.69, 9.17) is 0 Å². The van der Waals surface area contributed by atoms with Gasteiger partial charge in [0.15, 0.2) is 0 Å². The van der Waals surface area contributed by atoms with Crippen molar-refractivity contribution in [2.75, 3.05) is 0 Å². The van der Waals surface area contributed by atoms with Crippen LogP contribution < -0.4 is 0 Å². The average Bonchev–Trinajstić information content (AvgIpc) is 2.50. The molecule has 2 heterocycles. The molecule has 2 nitrogen and oxygen atoms in total. The first-order valence-corrected chi connectivity index (χ1v) is 3.82. The lowest BCUT2D eigenvalue weighted by atomic mass is 10.2. The van der Waals surface area contributed by atoms with Gasteiger partial charge < -0.3 is 4.98 Å². The van der Waals surface area contributed by atoms with Crippen LogP contribution >= 0.6 is 0 Å². The Kier molecular flexibility index (Phi) is 1.39. The summed E-state index contributed by atoms with van der Waals surface area (Å²) >= 11 is 0. The van der Waals surface area contributed by atoms with E-state index in [-0.39, 0.29) is 0 Å². The van der Waals surface area contributed by atoms with Crippen LogP contribution in [0.2, 0.25) is 0 Å². The van der Waals surface area contributed by atoms with Crippen LogP contribution in [0.25, 0.3) is 11.0 Å². The van der Waals surface area contributed by atoms with Crippen LogP contribution in [-0.4, -0.2) is 9.97 Å². The lowest BCUT2D eigenvalue weighted by Crippen LogP contribution is -1.81. The molecule has 0 unspecified atom stereocenters. The zero-order valence-corrected chi connectivity index (χ0v) is 6.46. The van der Waals surface area contributed by atoms with E-state index in [2.05, 4.69) is 23.0 Å². The smallest absolute Gasteiger partial charge is 0.0878 e. The lowest BCUT2D eigenvalue weighted by Gasteiger charge is -1.94. The van der Waals surface area contributed by atoms with E-state index < -0.39 is 0 Å². The van der Waals surface area contributed by atoms with Crippen LogP contribution in [0.4, 0.5) is 0 Å². The van der Waals surface area contributed by atoms with Gasteiger partial charge in [0, 0.05) is 12.4 Å². The number of rotatable bonds is 1. The lowest BCUT2D eigenvalue weighted by molar-refractivity contribution is 1.12. The van der Waals surface area contributed by atoms with E-state index in [9.17, 15) is 0 Å². The Morgan fingerprint density at radius 1 is 1.55 bits per heavy atom. The van der Waals surface area contributed by atoms with Gasteiger partial charge in [-0.3, -0.25) is 4.98 Å².